The first kappa shape index (κ1) is 14.2. The third kappa shape index (κ3) is 3.55. The maximum absolute atomic E-state index is 11.8. The van der Waals surface area contributed by atoms with E-state index in [1.165, 1.54) is 0 Å². The zero-order valence-electron chi connectivity index (χ0n) is 9.67. The van der Waals surface area contributed by atoms with Crippen LogP contribution in [0.3, 0.4) is 0 Å². The van der Waals surface area contributed by atoms with E-state index >= 15 is 0 Å². The first-order valence-electron chi connectivity index (χ1n) is 5.31. The number of halogens is 1. The first-order valence-corrected chi connectivity index (χ1v) is 5.31. The molecule has 0 bridgehead atoms. The normalized spacial score (nSPS) is 9.39. The topological polar surface area (TPSA) is 68.0 Å². The maximum Gasteiger partial charge on any atom is 0.256 e. The molecule has 2 aromatic rings. The molecule has 0 aliphatic carbocycles. The Balaban J connectivity index is 0.00000162. The highest BCUT2D eigenvalue weighted by Crippen LogP contribution is 2.07. The molecule has 4 nitrogen and oxygen atoms in total. The average molecular weight is 264 g/mol. The number of aromatic nitrogens is 1. The Morgan fingerprint density at radius 3 is 2.44 bits per heavy atom. The Morgan fingerprint density at radius 2 is 1.89 bits per heavy atom. The van der Waals surface area contributed by atoms with E-state index in [9.17, 15) is 4.79 Å². The van der Waals surface area contributed by atoms with Crippen molar-refractivity contribution in [3.05, 3.63) is 59.8 Å². The van der Waals surface area contributed by atoms with Gasteiger partial charge in [0.05, 0.1) is 0 Å². The Hall–Kier alpha value is -1.91. The van der Waals surface area contributed by atoms with E-state index in [2.05, 4.69) is 10.3 Å². The molecule has 18 heavy (non-hydrogen) atoms. The molecule has 0 fully saturated rings. The van der Waals surface area contributed by atoms with Crippen LogP contribution in [0.5, 0.6) is 0 Å². The van der Waals surface area contributed by atoms with Crippen molar-refractivity contribution in [2.75, 3.05) is 5.32 Å². The maximum atomic E-state index is 11.8. The highest BCUT2D eigenvalue weighted by Gasteiger charge is 2.05. The van der Waals surface area contributed by atoms with E-state index in [1.54, 1.807) is 30.5 Å². The lowest BCUT2D eigenvalue weighted by Gasteiger charge is -2.04. The number of rotatable bonds is 3. The van der Waals surface area contributed by atoms with E-state index in [1.807, 2.05) is 18.2 Å². The van der Waals surface area contributed by atoms with Gasteiger partial charge in [-0.3, -0.25) is 4.79 Å². The van der Waals surface area contributed by atoms with Crippen LogP contribution in [0, 0.1) is 0 Å². The summed E-state index contributed by atoms with van der Waals surface area (Å²) >= 11 is 0. The van der Waals surface area contributed by atoms with Gasteiger partial charge in [0.2, 0.25) is 0 Å². The summed E-state index contributed by atoms with van der Waals surface area (Å²) in [5.41, 5.74) is 7.08. The van der Waals surface area contributed by atoms with Gasteiger partial charge in [-0.1, -0.05) is 18.2 Å². The molecule has 1 amide bonds. The molecule has 0 aliphatic heterocycles. The Kier molecular flexibility index (Phi) is 5.30. The third-order valence-corrected chi connectivity index (χ3v) is 2.36. The highest BCUT2D eigenvalue weighted by molar-refractivity contribution is 6.03. The fourth-order valence-electron chi connectivity index (χ4n) is 1.42. The number of carbonyl (C=O) groups is 1. The van der Waals surface area contributed by atoms with Crippen molar-refractivity contribution in [3.63, 3.8) is 0 Å². The third-order valence-electron chi connectivity index (χ3n) is 2.36. The molecule has 5 heteroatoms. The van der Waals surface area contributed by atoms with Gasteiger partial charge in [-0.05, 0) is 29.8 Å². The number of nitrogens with zero attached hydrogens (tertiary/aromatic N) is 1. The van der Waals surface area contributed by atoms with Gasteiger partial charge in [0.25, 0.3) is 5.91 Å². The van der Waals surface area contributed by atoms with Crippen LogP contribution in [0.1, 0.15) is 15.9 Å². The summed E-state index contributed by atoms with van der Waals surface area (Å²) in [4.78, 5) is 15.9. The van der Waals surface area contributed by atoms with Crippen LogP contribution in [0.2, 0.25) is 0 Å². The lowest BCUT2D eigenvalue weighted by atomic mass is 10.1. The second-order valence-electron chi connectivity index (χ2n) is 3.57. The number of benzene rings is 1. The molecule has 94 valence electrons. The van der Waals surface area contributed by atoms with Crippen molar-refractivity contribution in [3.8, 4) is 0 Å². The fourth-order valence-corrected chi connectivity index (χ4v) is 1.42. The molecule has 1 aromatic heterocycles. The number of hydrogen-bond acceptors (Lipinski definition) is 3. The number of amides is 1. The zero-order valence-corrected chi connectivity index (χ0v) is 10.5. The lowest BCUT2D eigenvalue weighted by molar-refractivity contribution is 0.102. The Morgan fingerprint density at radius 1 is 1.17 bits per heavy atom. The van der Waals surface area contributed by atoms with Crippen molar-refractivity contribution in [1.29, 1.82) is 0 Å². The Bertz CT molecular complexity index is 499. The zero-order chi connectivity index (χ0) is 12.1. The van der Waals surface area contributed by atoms with Crippen molar-refractivity contribution < 1.29 is 4.79 Å². The van der Waals surface area contributed by atoms with Crippen molar-refractivity contribution in [2.45, 2.75) is 6.54 Å². The van der Waals surface area contributed by atoms with Crippen LogP contribution < -0.4 is 11.1 Å². The summed E-state index contributed by atoms with van der Waals surface area (Å²) in [5, 5.41) is 2.71. The largest absolute Gasteiger partial charge is 0.326 e. The Labute approximate surface area is 112 Å². The highest BCUT2D eigenvalue weighted by atomic mass is 35.5. The summed E-state index contributed by atoms with van der Waals surface area (Å²) in [6, 6.07) is 12.5. The summed E-state index contributed by atoms with van der Waals surface area (Å²) < 4.78 is 0. The molecule has 0 saturated carbocycles. The van der Waals surface area contributed by atoms with Crippen LogP contribution in [0.4, 0.5) is 5.82 Å². The van der Waals surface area contributed by atoms with Gasteiger partial charge in [-0.15, -0.1) is 12.4 Å². The molecule has 0 atom stereocenters. The lowest BCUT2D eigenvalue weighted by Crippen LogP contribution is -2.12. The summed E-state index contributed by atoms with van der Waals surface area (Å²) in [6.45, 7) is 0.474. The molecule has 0 aliphatic rings. The molecule has 3 N–H and O–H groups in total. The van der Waals surface area contributed by atoms with Gasteiger partial charge < -0.3 is 11.1 Å². The molecule has 0 saturated heterocycles. The van der Waals surface area contributed by atoms with Crippen molar-refractivity contribution in [1.82, 2.24) is 4.98 Å². The molecule has 0 radical (unpaired) electrons. The van der Waals surface area contributed by atoms with Gasteiger partial charge in [-0.25, -0.2) is 4.98 Å². The number of pyridine rings is 1. The van der Waals surface area contributed by atoms with Crippen LogP contribution in [-0.2, 0) is 6.54 Å². The van der Waals surface area contributed by atoms with E-state index < -0.39 is 0 Å². The molecular formula is C13H14ClN3O. The van der Waals surface area contributed by atoms with Crippen molar-refractivity contribution >= 4 is 24.1 Å². The second kappa shape index (κ2) is 6.74. The van der Waals surface area contributed by atoms with E-state index in [0.29, 0.717) is 17.9 Å². The number of anilines is 1. The van der Waals surface area contributed by atoms with Gasteiger partial charge in [0.1, 0.15) is 5.82 Å². The van der Waals surface area contributed by atoms with Crippen LogP contribution in [-0.4, -0.2) is 10.9 Å². The SMILES string of the molecule is Cl.NCc1ccc(C(=O)Nc2ccccn2)cc1. The predicted molar refractivity (Wildman–Crippen MR) is 73.8 cm³/mol. The molecule has 1 heterocycles. The quantitative estimate of drug-likeness (QED) is 0.892. The van der Waals surface area contributed by atoms with E-state index in [4.69, 9.17) is 5.73 Å². The second-order valence-corrected chi connectivity index (χ2v) is 3.57. The number of hydrogen-bond donors (Lipinski definition) is 2. The number of nitrogens with one attached hydrogen (secondary N) is 1. The molecule has 2 rings (SSSR count). The van der Waals surface area contributed by atoms with E-state index in [-0.39, 0.29) is 18.3 Å². The van der Waals surface area contributed by atoms with E-state index in [0.717, 1.165) is 5.56 Å². The monoisotopic (exact) mass is 263 g/mol. The minimum absolute atomic E-state index is 0. The summed E-state index contributed by atoms with van der Waals surface area (Å²) in [7, 11) is 0. The summed E-state index contributed by atoms with van der Waals surface area (Å²) in [5.74, 6) is 0.368. The predicted octanol–water partition coefficient (Wildman–Crippen LogP) is 2.21. The smallest absolute Gasteiger partial charge is 0.256 e. The number of carbonyl (C=O) groups excluding carboxylic acids is 1. The van der Waals surface area contributed by atoms with Crippen molar-refractivity contribution in [2.24, 2.45) is 5.73 Å². The summed E-state index contributed by atoms with van der Waals surface area (Å²) in [6.07, 6.45) is 1.63. The molecule has 1 aromatic carbocycles. The van der Waals surface area contributed by atoms with Crippen LogP contribution in [0.15, 0.2) is 48.7 Å². The average Bonchev–Trinajstić information content (AvgIpc) is 2.40. The minimum Gasteiger partial charge on any atom is -0.326 e. The van der Waals surface area contributed by atoms with Crippen LogP contribution in [0.25, 0.3) is 0 Å². The first-order chi connectivity index (χ1) is 8.29. The molecule has 0 spiro atoms. The molecule has 0 unspecified atom stereocenters. The standard InChI is InChI=1S/C13H13N3O.ClH/c14-9-10-4-6-11(7-5-10)13(17)16-12-3-1-2-8-15-12;/h1-8H,9,14H2,(H,15,16,17);1H. The van der Waals surface area contributed by atoms with Gasteiger partial charge in [-0.2, -0.15) is 0 Å². The molecular weight excluding hydrogens is 250 g/mol. The van der Waals surface area contributed by atoms with Gasteiger partial charge in [0.15, 0.2) is 0 Å². The van der Waals surface area contributed by atoms with Gasteiger partial charge >= 0.3 is 0 Å². The fraction of sp³-hybridized carbons (Fsp3) is 0.0769. The van der Waals surface area contributed by atoms with Gasteiger partial charge in [0, 0.05) is 18.3 Å². The minimum atomic E-state index is -0.174. The number of nitrogens with two attached hydrogens (primary N) is 1. The van der Waals surface area contributed by atoms with Crippen LogP contribution >= 0.6 is 12.4 Å².